The first kappa shape index (κ1) is 16.7. The number of nitrogens with zero attached hydrogens (tertiary/aromatic N) is 1. The van der Waals surface area contributed by atoms with E-state index in [1.165, 1.54) is 29.5 Å². The van der Waals surface area contributed by atoms with E-state index in [1.54, 1.807) is 0 Å². The summed E-state index contributed by atoms with van der Waals surface area (Å²) in [6.45, 7) is 13.1. The van der Waals surface area contributed by atoms with Crippen molar-refractivity contribution in [3.05, 3.63) is 22.8 Å². The molecule has 1 rings (SSSR count). The molecule has 1 aromatic rings. The highest BCUT2D eigenvalue weighted by Crippen LogP contribution is 2.39. The average molecular weight is 274 g/mol. The van der Waals surface area contributed by atoms with Crippen LogP contribution < -0.4 is 5.73 Å². The maximum atomic E-state index is 6.41. The Bertz CT molecular complexity index is 471. The number of hydrogen-bond donors (Lipinski definition) is 1. The topological polar surface area (TPSA) is 38.4 Å². The number of nitrogens with two attached hydrogens (primary N) is 1. The van der Waals surface area contributed by atoms with Gasteiger partial charge in [-0.25, -0.2) is 0 Å². The van der Waals surface area contributed by atoms with E-state index in [0.29, 0.717) is 11.8 Å². The predicted octanol–water partition coefficient (Wildman–Crippen LogP) is 5.72. The van der Waals surface area contributed by atoms with Crippen molar-refractivity contribution < 1.29 is 0 Å². The summed E-state index contributed by atoms with van der Waals surface area (Å²) >= 11 is 0. The van der Waals surface area contributed by atoms with Crippen LogP contribution >= 0.6 is 0 Å². The van der Waals surface area contributed by atoms with Crippen LogP contribution in [0.2, 0.25) is 0 Å². The minimum Gasteiger partial charge on any atom is -0.398 e. The number of aliphatic imine (C=N–C) groups is 1. The van der Waals surface area contributed by atoms with Gasteiger partial charge in [0.1, 0.15) is 0 Å². The van der Waals surface area contributed by atoms with Gasteiger partial charge in [-0.1, -0.05) is 47.1 Å². The fourth-order valence-electron chi connectivity index (χ4n) is 2.56. The zero-order chi connectivity index (χ0) is 15.3. The summed E-state index contributed by atoms with van der Waals surface area (Å²) in [7, 11) is 0. The molecule has 1 aromatic carbocycles. The lowest BCUT2D eigenvalue weighted by Gasteiger charge is -2.20. The molecule has 112 valence electrons. The molecule has 2 nitrogen and oxygen atoms in total. The second-order valence-corrected chi connectivity index (χ2v) is 6.22. The molecule has 2 N–H and O–H groups in total. The van der Waals surface area contributed by atoms with Crippen LogP contribution in [0, 0.1) is 6.92 Å². The Labute approximate surface area is 124 Å². The molecule has 0 saturated carbocycles. The second-order valence-electron chi connectivity index (χ2n) is 6.22. The SMILES string of the molecule is CCCCC=Nc1c(C)cc(C(C)C)c(N)c1C(C)C. The molecule has 0 spiro atoms. The van der Waals surface area contributed by atoms with Crippen molar-refractivity contribution in [3.63, 3.8) is 0 Å². The highest BCUT2D eigenvalue weighted by molar-refractivity contribution is 5.74. The molecular formula is C18H30N2. The maximum Gasteiger partial charge on any atom is 0.0710 e. The summed E-state index contributed by atoms with van der Waals surface area (Å²) in [4.78, 5) is 4.72. The number of rotatable bonds is 6. The van der Waals surface area contributed by atoms with Gasteiger partial charge < -0.3 is 5.73 Å². The Morgan fingerprint density at radius 1 is 1.20 bits per heavy atom. The molecule has 0 unspecified atom stereocenters. The van der Waals surface area contributed by atoms with Gasteiger partial charge in [0.15, 0.2) is 0 Å². The molecule has 0 saturated heterocycles. The summed E-state index contributed by atoms with van der Waals surface area (Å²) in [5.41, 5.74) is 12.1. The van der Waals surface area contributed by atoms with Crippen LogP contribution in [0.5, 0.6) is 0 Å². The second kappa shape index (κ2) is 7.47. The molecule has 20 heavy (non-hydrogen) atoms. The van der Waals surface area contributed by atoms with E-state index in [1.807, 2.05) is 6.21 Å². The van der Waals surface area contributed by atoms with Crippen LogP contribution in [0.15, 0.2) is 11.1 Å². The maximum absolute atomic E-state index is 6.41. The summed E-state index contributed by atoms with van der Waals surface area (Å²) in [6.07, 6.45) is 5.49. The fourth-order valence-corrected chi connectivity index (χ4v) is 2.56. The molecule has 0 amide bonds. The van der Waals surface area contributed by atoms with Gasteiger partial charge in [-0.3, -0.25) is 4.99 Å². The van der Waals surface area contributed by atoms with E-state index in [9.17, 15) is 0 Å². The fraction of sp³-hybridized carbons (Fsp3) is 0.611. The third-order valence-electron chi connectivity index (χ3n) is 3.71. The monoisotopic (exact) mass is 274 g/mol. The van der Waals surface area contributed by atoms with Crippen LogP contribution in [0.3, 0.4) is 0 Å². The summed E-state index contributed by atoms with van der Waals surface area (Å²) in [5.74, 6) is 0.843. The molecule has 0 fully saturated rings. The van der Waals surface area contributed by atoms with E-state index in [-0.39, 0.29) is 0 Å². The molecule has 0 aromatic heterocycles. The Balaban J connectivity index is 3.29. The summed E-state index contributed by atoms with van der Waals surface area (Å²) < 4.78 is 0. The van der Waals surface area contributed by atoms with Crippen molar-refractivity contribution in [2.75, 3.05) is 5.73 Å². The van der Waals surface area contributed by atoms with Gasteiger partial charge in [-0.05, 0) is 42.7 Å². The highest BCUT2D eigenvalue weighted by atomic mass is 14.7. The lowest BCUT2D eigenvalue weighted by atomic mass is 9.89. The Kier molecular flexibility index (Phi) is 6.25. The summed E-state index contributed by atoms with van der Waals surface area (Å²) in [5, 5.41) is 0. The molecule has 0 heterocycles. The number of nitrogen functional groups attached to an aromatic ring is 1. The first-order valence-corrected chi connectivity index (χ1v) is 7.85. The van der Waals surface area contributed by atoms with Crippen molar-refractivity contribution in [2.45, 2.75) is 72.6 Å². The zero-order valence-corrected chi connectivity index (χ0v) is 14.0. The molecule has 2 heteroatoms. The first-order valence-electron chi connectivity index (χ1n) is 7.85. The number of benzene rings is 1. The van der Waals surface area contributed by atoms with Gasteiger partial charge in [-0.2, -0.15) is 0 Å². The van der Waals surface area contributed by atoms with E-state index in [2.05, 4.69) is 47.6 Å². The van der Waals surface area contributed by atoms with E-state index >= 15 is 0 Å². The number of anilines is 1. The Hall–Kier alpha value is -1.31. The smallest absolute Gasteiger partial charge is 0.0710 e. The number of aryl methyl sites for hydroxylation is 1. The lowest BCUT2D eigenvalue weighted by molar-refractivity contribution is 0.834. The van der Waals surface area contributed by atoms with E-state index in [4.69, 9.17) is 10.7 Å². The Morgan fingerprint density at radius 3 is 2.35 bits per heavy atom. The van der Waals surface area contributed by atoms with Gasteiger partial charge in [0.05, 0.1) is 5.69 Å². The van der Waals surface area contributed by atoms with Crippen molar-refractivity contribution in [3.8, 4) is 0 Å². The third-order valence-corrected chi connectivity index (χ3v) is 3.71. The van der Waals surface area contributed by atoms with Crippen molar-refractivity contribution in [1.82, 2.24) is 0 Å². The molecule has 0 aliphatic rings. The van der Waals surface area contributed by atoms with Crippen LogP contribution in [0.1, 0.15) is 82.4 Å². The van der Waals surface area contributed by atoms with Gasteiger partial charge in [0.2, 0.25) is 0 Å². The Morgan fingerprint density at radius 2 is 1.85 bits per heavy atom. The molecule has 0 aliphatic heterocycles. The quantitative estimate of drug-likeness (QED) is 0.402. The minimum atomic E-state index is 0.394. The number of unbranched alkanes of at least 4 members (excludes halogenated alkanes) is 2. The molecule has 0 aliphatic carbocycles. The van der Waals surface area contributed by atoms with E-state index in [0.717, 1.165) is 17.8 Å². The van der Waals surface area contributed by atoms with Crippen molar-refractivity contribution in [1.29, 1.82) is 0 Å². The first-order chi connectivity index (χ1) is 9.40. The minimum absolute atomic E-state index is 0.394. The molecular weight excluding hydrogens is 244 g/mol. The normalized spacial score (nSPS) is 12.0. The summed E-state index contributed by atoms with van der Waals surface area (Å²) in [6, 6.07) is 2.21. The molecule has 0 radical (unpaired) electrons. The van der Waals surface area contributed by atoms with Gasteiger partial charge in [-0.15, -0.1) is 0 Å². The molecule has 0 bridgehead atoms. The number of hydrogen-bond acceptors (Lipinski definition) is 2. The average Bonchev–Trinajstić information content (AvgIpc) is 2.37. The van der Waals surface area contributed by atoms with Crippen molar-refractivity contribution >= 4 is 17.6 Å². The van der Waals surface area contributed by atoms with Crippen LogP contribution in [0.25, 0.3) is 0 Å². The third kappa shape index (κ3) is 3.84. The van der Waals surface area contributed by atoms with Gasteiger partial charge in [0, 0.05) is 17.5 Å². The van der Waals surface area contributed by atoms with Gasteiger partial charge >= 0.3 is 0 Å². The van der Waals surface area contributed by atoms with Crippen LogP contribution in [-0.2, 0) is 0 Å². The van der Waals surface area contributed by atoms with Crippen LogP contribution in [0.4, 0.5) is 11.4 Å². The van der Waals surface area contributed by atoms with E-state index < -0.39 is 0 Å². The largest absolute Gasteiger partial charge is 0.398 e. The predicted molar refractivity (Wildman–Crippen MR) is 91.4 cm³/mol. The van der Waals surface area contributed by atoms with Gasteiger partial charge in [0.25, 0.3) is 0 Å². The van der Waals surface area contributed by atoms with Crippen LogP contribution in [-0.4, -0.2) is 6.21 Å². The zero-order valence-electron chi connectivity index (χ0n) is 14.0. The standard InChI is InChI=1S/C18H30N2/c1-7-8-9-10-20-18-14(6)11-15(12(2)3)17(19)16(18)13(4)5/h10-13H,7-9,19H2,1-6H3. The highest BCUT2D eigenvalue weighted by Gasteiger charge is 2.17. The molecule has 0 atom stereocenters. The lowest BCUT2D eigenvalue weighted by Crippen LogP contribution is -2.05. The van der Waals surface area contributed by atoms with Crippen molar-refractivity contribution in [2.24, 2.45) is 4.99 Å².